The fraction of sp³-hybridized carbons (Fsp3) is 0.375. The average molecular weight is 268 g/mol. The van der Waals surface area contributed by atoms with Gasteiger partial charge >= 0.3 is 0 Å². The smallest absolute Gasteiger partial charge is 0.139 e. The monoisotopic (exact) mass is 268 g/mol. The van der Waals surface area contributed by atoms with Crippen LogP contribution < -0.4 is 10.6 Å². The molecule has 20 heavy (non-hydrogen) atoms. The quantitative estimate of drug-likeness (QED) is 0.909. The first-order chi connectivity index (χ1) is 9.69. The molecule has 0 saturated carbocycles. The summed E-state index contributed by atoms with van der Waals surface area (Å²) in [6.45, 7) is 4.28. The third kappa shape index (κ3) is 2.22. The zero-order valence-electron chi connectivity index (χ0n) is 12.0. The Morgan fingerprint density at radius 3 is 2.90 bits per heavy atom. The summed E-state index contributed by atoms with van der Waals surface area (Å²) in [5.41, 5.74) is 8.55. The van der Waals surface area contributed by atoms with Crippen LogP contribution in [0.1, 0.15) is 31.7 Å². The van der Waals surface area contributed by atoms with Gasteiger partial charge < -0.3 is 10.6 Å². The van der Waals surface area contributed by atoms with E-state index in [0.29, 0.717) is 11.9 Å². The van der Waals surface area contributed by atoms with Gasteiger partial charge in [-0.3, -0.25) is 0 Å². The number of hydrogen-bond acceptors (Lipinski definition) is 4. The molecule has 1 aliphatic rings. The van der Waals surface area contributed by atoms with Crippen LogP contribution in [0.25, 0.3) is 0 Å². The average Bonchev–Trinajstić information content (AvgIpc) is 2.46. The maximum atomic E-state index is 5.93. The number of hydrogen-bond donors (Lipinski definition) is 1. The Morgan fingerprint density at radius 1 is 1.30 bits per heavy atom. The van der Waals surface area contributed by atoms with Gasteiger partial charge in [0.1, 0.15) is 17.5 Å². The van der Waals surface area contributed by atoms with E-state index in [4.69, 9.17) is 5.73 Å². The summed E-state index contributed by atoms with van der Waals surface area (Å²) < 4.78 is 0. The van der Waals surface area contributed by atoms with Crippen LogP contribution in [-0.2, 0) is 12.8 Å². The zero-order chi connectivity index (χ0) is 14.1. The molecule has 0 saturated heterocycles. The molecule has 4 heteroatoms. The highest BCUT2D eigenvalue weighted by molar-refractivity contribution is 5.67. The molecule has 1 aromatic heterocycles. The number of fused-ring (bicyclic) bond motifs is 1. The van der Waals surface area contributed by atoms with Gasteiger partial charge in [0.25, 0.3) is 0 Å². The van der Waals surface area contributed by atoms with Crippen molar-refractivity contribution in [1.29, 1.82) is 0 Å². The highest BCUT2D eigenvalue weighted by atomic mass is 15.2. The molecule has 1 aromatic carbocycles. The first-order valence-electron chi connectivity index (χ1n) is 7.19. The van der Waals surface area contributed by atoms with Gasteiger partial charge in [0.2, 0.25) is 0 Å². The van der Waals surface area contributed by atoms with Crippen molar-refractivity contribution in [3.63, 3.8) is 0 Å². The predicted octanol–water partition coefficient (Wildman–Crippen LogP) is 3.09. The third-order valence-corrected chi connectivity index (χ3v) is 3.87. The second-order valence-electron chi connectivity index (χ2n) is 5.31. The van der Waals surface area contributed by atoms with E-state index >= 15 is 0 Å². The molecular weight excluding hydrogens is 248 g/mol. The summed E-state index contributed by atoms with van der Waals surface area (Å²) in [5.74, 6) is 2.26. The van der Waals surface area contributed by atoms with Crippen molar-refractivity contribution in [1.82, 2.24) is 9.97 Å². The number of nitrogens with two attached hydrogens (primary N) is 1. The molecule has 1 atom stereocenters. The normalized spacial score (nSPS) is 17.9. The lowest BCUT2D eigenvalue weighted by molar-refractivity contribution is 0.612. The van der Waals surface area contributed by atoms with E-state index in [-0.39, 0.29) is 0 Å². The second kappa shape index (κ2) is 5.12. The van der Waals surface area contributed by atoms with Crippen molar-refractivity contribution in [3.8, 4) is 0 Å². The molecule has 3 rings (SSSR count). The predicted molar refractivity (Wildman–Crippen MR) is 82.2 cm³/mol. The van der Waals surface area contributed by atoms with Crippen LogP contribution in [0.4, 0.5) is 17.3 Å². The topological polar surface area (TPSA) is 55.0 Å². The summed E-state index contributed by atoms with van der Waals surface area (Å²) in [6.07, 6.45) is 3.04. The van der Waals surface area contributed by atoms with E-state index in [1.165, 1.54) is 11.3 Å². The van der Waals surface area contributed by atoms with E-state index in [1.54, 1.807) is 0 Å². The van der Waals surface area contributed by atoms with Crippen molar-refractivity contribution < 1.29 is 0 Å². The number of nitrogen functional groups attached to an aromatic ring is 1. The minimum Gasteiger partial charge on any atom is -0.384 e. The van der Waals surface area contributed by atoms with Crippen molar-refractivity contribution >= 4 is 17.3 Å². The van der Waals surface area contributed by atoms with E-state index in [2.05, 4.69) is 46.1 Å². The summed E-state index contributed by atoms with van der Waals surface area (Å²) in [6, 6.07) is 10.8. The number of aryl methyl sites for hydroxylation is 2. The standard InChI is InChI=1S/C16H20N4/c1-3-15-18-14(17)10-16(19-15)20-11(2)8-9-12-6-4-5-7-13(12)20/h4-7,10-11H,3,8-9H2,1-2H3,(H2,17,18,19). The molecular formula is C16H20N4. The molecule has 4 nitrogen and oxygen atoms in total. The van der Waals surface area contributed by atoms with Gasteiger partial charge in [0, 0.05) is 24.2 Å². The zero-order valence-corrected chi connectivity index (χ0v) is 12.0. The van der Waals surface area contributed by atoms with E-state index in [9.17, 15) is 0 Å². The van der Waals surface area contributed by atoms with Gasteiger partial charge in [-0.15, -0.1) is 0 Å². The Bertz CT molecular complexity index is 624. The summed E-state index contributed by atoms with van der Waals surface area (Å²) in [4.78, 5) is 11.2. The molecule has 2 N–H and O–H groups in total. The molecule has 2 heterocycles. The minimum absolute atomic E-state index is 0.420. The molecule has 104 valence electrons. The fourth-order valence-corrected chi connectivity index (χ4v) is 2.82. The van der Waals surface area contributed by atoms with Crippen LogP contribution in [0, 0.1) is 0 Å². The number of aromatic nitrogens is 2. The lowest BCUT2D eigenvalue weighted by Crippen LogP contribution is -2.34. The van der Waals surface area contributed by atoms with Crippen LogP contribution in [0.15, 0.2) is 30.3 Å². The molecule has 2 aromatic rings. The van der Waals surface area contributed by atoms with Gasteiger partial charge in [0.15, 0.2) is 0 Å². The van der Waals surface area contributed by atoms with Crippen LogP contribution in [0.3, 0.4) is 0 Å². The molecule has 0 spiro atoms. The number of nitrogens with zero attached hydrogens (tertiary/aromatic N) is 3. The van der Waals surface area contributed by atoms with Crippen LogP contribution in [-0.4, -0.2) is 16.0 Å². The van der Waals surface area contributed by atoms with Gasteiger partial charge in [-0.1, -0.05) is 25.1 Å². The molecule has 0 fully saturated rings. The third-order valence-electron chi connectivity index (χ3n) is 3.87. The molecule has 1 unspecified atom stereocenters. The van der Waals surface area contributed by atoms with Crippen molar-refractivity contribution in [3.05, 3.63) is 41.7 Å². The fourth-order valence-electron chi connectivity index (χ4n) is 2.82. The molecule has 0 aliphatic carbocycles. The number of para-hydroxylation sites is 1. The SMILES string of the molecule is CCc1nc(N)cc(N2c3ccccc3CCC2C)n1. The maximum absolute atomic E-state index is 5.93. The van der Waals surface area contributed by atoms with Crippen molar-refractivity contribution in [2.75, 3.05) is 10.6 Å². The van der Waals surface area contributed by atoms with Gasteiger partial charge in [-0.05, 0) is 31.4 Å². The van der Waals surface area contributed by atoms with E-state index in [0.717, 1.165) is 30.9 Å². The van der Waals surface area contributed by atoms with Gasteiger partial charge in [0.05, 0.1) is 0 Å². The molecule has 0 amide bonds. The Morgan fingerprint density at radius 2 is 2.10 bits per heavy atom. The first kappa shape index (κ1) is 12.9. The Hall–Kier alpha value is -2.10. The lowest BCUT2D eigenvalue weighted by Gasteiger charge is -2.36. The highest BCUT2D eigenvalue weighted by Crippen LogP contribution is 2.36. The highest BCUT2D eigenvalue weighted by Gasteiger charge is 2.25. The maximum Gasteiger partial charge on any atom is 0.139 e. The van der Waals surface area contributed by atoms with Crippen molar-refractivity contribution in [2.45, 2.75) is 39.2 Å². The Balaban J connectivity index is 2.11. The summed E-state index contributed by atoms with van der Waals surface area (Å²) in [5, 5.41) is 0. The van der Waals surface area contributed by atoms with Crippen LogP contribution in [0.2, 0.25) is 0 Å². The van der Waals surface area contributed by atoms with E-state index < -0.39 is 0 Å². The molecule has 0 bridgehead atoms. The minimum atomic E-state index is 0.420. The second-order valence-corrected chi connectivity index (χ2v) is 5.31. The van der Waals surface area contributed by atoms with Crippen LogP contribution >= 0.6 is 0 Å². The Kier molecular flexibility index (Phi) is 3.30. The number of anilines is 3. The van der Waals surface area contributed by atoms with Crippen molar-refractivity contribution in [2.24, 2.45) is 0 Å². The first-order valence-corrected chi connectivity index (χ1v) is 7.19. The van der Waals surface area contributed by atoms with Crippen LogP contribution in [0.5, 0.6) is 0 Å². The van der Waals surface area contributed by atoms with E-state index in [1.807, 2.05) is 13.0 Å². The largest absolute Gasteiger partial charge is 0.384 e. The lowest BCUT2D eigenvalue weighted by atomic mass is 9.96. The van der Waals surface area contributed by atoms with Gasteiger partial charge in [-0.25, -0.2) is 9.97 Å². The molecule has 0 radical (unpaired) electrons. The molecule has 1 aliphatic heterocycles. The summed E-state index contributed by atoms with van der Waals surface area (Å²) >= 11 is 0. The number of rotatable bonds is 2. The summed E-state index contributed by atoms with van der Waals surface area (Å²) in [7, 11) is 0. The number of benzene rings is 1. The Labute approximate surface area is 119 Å². The van der Waals surface area contributed by atoms with Gasteiger partial charge in [-0.2, -0.15) is 0 Å².